The molecule has 0 radical (unpaired) electrons. The second kappa shape index (κ2) is 8.20. The molecule has 6 nitrogen and oxygen atoms in total. The van der Waals surface area contributed by atoms with Gasteiger partial charge < -0.3 is 14.2 Å². The van der Waals surface area contributed by atoms with Crippen molar-refractivity contribution in [2.24, 2.45) is 17.3 Å². The number of rotatable bonds is 6. The molecule has 2 fully saturated rings. The fraction of sp³-hybridized carbons (Fsp3) is 0.522. The quantitative estimate of drug-likeness (QED) is 0.672. The van der Waals surface area contributed by atoms with Gasteiger partial charge in [0.2, 0.25) is 5.91 Å². The van der Waals surface area contributed by atoms with Gasteiger partial charge in [-0.05, 0) is 44.2 Å². The molecule has 4 rings (SSSR count). The molecule has 1 saturated carbocycles. The molecule has 1 amide bonds. The van der Waals surface area contributed by atoms with Crippen LogP contribution in [-0.4, -0.2) is 41.6 Å². The van der Waals surface area contributed by atoms with Crippen LogP contribution in [0.4, 0.5) is 4.39 Å². The minimum atomic E-state index is -0.770. The summed E-state index contributed by atoms with van der Waals surface area (Å²) in [6.45, 7) is 5.21. The number of esters is 1. The number of hydrogen-bond donors (Lipinski definition) is 0. The molecule has 160 valence electrons. The smallest absolute Gasteiger partial charge is 0.312 e. The van der Waals surface area contributed by atoms with Gasteiger partial charge in [0.05, 0.1) is 12.0 Å². The van der Waals surface area contributed by atoms with Gasteiger partial charge >= 0.3 is 5.97 Å². The lowest BCUT2D eigenvalue weighted by Gasteiger charge is -2.39. The number of hydrogen-bond acceptors (Lipinski definition) is 5. The molecule has 2 aromatic rings. The van der Waals surface area contributed by atoms with Crippen LogP contribution in [-0.2, 0) is 20.7 Å². The zero-order valence-electron chi connectivity index (χ0n) is 17.4. The molecule has 0 spiro atoms. The molecule has 1 saturated heterocycles. The van der Waals surface area contributed by atoms with E-state index in [4.69, 9.17) is 9.26 Å². The van der Waals surface area contributed by atoms with Crippen molar-refractivity contribution in [3.05, 3.63) is 41.9 Å². The van der Waals surface area contributed by atoms with Crippen LogP contribution in [0.2, 0.25) is 0 Å². The molecule has 2 heterocycles. The van der Waals surface area contributed by atoms with Crippen LogP contribution in [0.5, 0.6) is 0 Å². The van der Waals surface area contributed by atoms with E-state index < -0.39 is 5.41 Å². The van der Waals surface area contributed by atoms with Crippen molar-refractivity contribution in [2.45, 2.75) is 39.5 Å². The summed E-state index contributed by atoms with van der Waals surface area (Å²) in [4.78, 5) is 27.3. The van der Waals surface area contributed by atoms with Crippen molar-refractivity contribution in [1.29, 1.82) is 0 Å². The number of carbonyl (C=O) groups excluding carboxylic acids is 2. The molecule has 30 heavy (non-hydrogen) atoms. The van der Waals surface area contributed by atoms with E-state index in [0.29, 0.717) is 61.9 Å². The van der Waals surface area contributed by atoms with Gasteiger partial charge in [0, 0.05) is 37.1 Å². The fourth-order valence-electron chi connectivity index (χ4n) is 4.32. The number of amides is 1. The van der Waals surface area contributed by atoms with Crippen LogP contribution in [0, 0.1) is 23.1 Å². The van der Waals surface area contributed by atoms with E-state index in [-0.39, 0.29) is 23.6 Å². The second-order valence-corrected chi connectivity index (χ2v) is 8.48. The monoisotopic (exact) mass is 414 g/mol. The summed E-state index contributed by atoms with van der Waals surface area (Å²) in [7, 11) is 0. The van der Waals surface area contributed by atoms with Crippen molar-refractivity contribution < 1.29 is 23.2 Å². The lowest BCUT2D eigenvalue weighted by atomic mass is 9.74. The van der Waals surface area contributed by atoms with Crippen LogP contribution in [0.15, 0.2) is 34.9 Å². The Morgan fingerprint density at radius 3 is 2.63 bits per heavy atom. The second-order valence-electron chi connectivity index (χ2n) is 8.48. The summed E-state index contributed by atoms with van der Waals surface area (Å²) in [5, 5.41) is 4.00. The Kier molecular flexibility index (Phi) is 5.62. The van der Waals surface area contributed by atoms with Crippen LogP contribution in [0.1, 0.15) is 38.9 Å². The highest BCUT2D eigenvalue weighted by atomic mass is 19.1. The molecular formula is C23H27FN2O4. The highest BCUT2D eigenvalue weighted by Gasteiger charge is 2.47. The molecule has 2 atom stereocenters. The third-order valence-corrected chi connectivity index (χ3v) is 6.39. The largest absolute Gasteiger partial charge is 0.466 e. The number of piperidine rings is 1. The van der Waals surface area contributed by atoms with Crippen molar-refractivity contribution in [2.75, 3.05) is 19.7 Å². The number of halogens is 1. The number of aromatic nitrogens is 1. The molecular weight excluding hydrogens is 387 g/mol. The van der Waals surface area contributed by atoms with Crippen LogP contribution in [0.25, 0.3) is 11.3 Å². The van der Waals surface area contributed by atoms with Crippen LogP contribution >= 0.6 is 0 Å². The summed E-state index contributed by atoms with van der Waals surface area (Å²) in [5.74, 6) is 0.649. The molecule has 1 aromatic heterocycles. The predicted molar refractivity (Wildman–Crippen MR) is 108 cm³/mol. The first-order chi connectivity index (χ1) is 14.4. The van der Waals surface area contributed by atoms with E-state index in [0.717, 1.165) is 6.42 Å². The lowest BCUT2D eigenvalue weighted by molar-refractivity contribution is -0.160. The van der Waals surface area contributed by atoms with Gasteiger partial charge in [0.25, 0.3) is 0 Å². The zero-order valence-corrected chi connectivity index (χ0v) is 17.4. The third kappa shape index (κ3) is 3.98. The minimum Gasteiger partial charge on any atom is -0.466 e. The van der Waals surface area contributed by atoms with Gasteiger partial charge in [0.15, 0.2) is 0 Å². The van der Waals surface area contributed by atoms with Crippen molar-refractivity contribution >= 4 is 11.9 Å². The molecule has 1 aromatic carbocycles. The van der Waals surface area contributed by atoms with Gasteiger partial charge in [-0.15, -0.1) is 0 Å². The Bertz CT molecular complexity index is 933. The average molecular weight is 414 g/mol. The Labute approximate surface area is 175 Å². The third-order valence-electron chi connectivity index (χ3n) is 6.39. The standard InChI is InChI=1S/C23H27FN2O4/c1-3-29-22(28)23(8-10-26(11-9-23)21(27)18-12-15(18)2)14-16-13-20(25-30-16)17-6-4-5-7-19(17)24/h4-7,13,15,18H,3,8-12,14H2,1-2H3/t15-,18+/m0/s1. The summed E-state index contributed by atoms with van der Waals surface area (Å²) in [6, 6.07) is 8.05. The number of nitrogens with zero attached hydrogens (tertiary/aromatic N) is 2. The van der Waals surface area contributed by atoms with Gasteiger partial charge in [-0.25, -0.2) is 4.39 Å². The maximum atomic E-state index is 14.1. The Balaban J connectivity index is 1.50. The molecule has 0 unspecified atom stereocenters. The van der Waals surface area contributed by atoms with Gasteiger partial charge in [0.1, 0.15) is 17.3 Å². The van der Waals surface area contributed by atoms with Crippen molar-refractivity contribution in [3.63, 3.8) is 0 Å². The lowest BCUT2D eigenvalue weighted by Crippen LogP contribution is -2.48. The average Bonchev–Trinajstić information content (AvgIpc) is 3.30. The summed E-state index contributed by atoms with van der Waals surface area (Å²) in [6.07, 6.45) is 2.28. The number of likely N-dealkylation sites (tertiary alicyclic amines) is 1. The maximum Gasteiger partial charge on any atom is 0.312 e. The van der Waals surface area contributed by atoms with Crippen molar-refractivity contribution in [3.8, 4) is 11.3 Å². The Morgan fingerprint density at radius 2 is 2.00 bits per heavy atom. The SMILES string of the molecule is CCOC(=O)C1(Cc2cc(-c3ccccc3F)no2)CCN(C(=O)[C@@H]2C[C@@H]2C)CC1. The van der Waals surface area contributed by atoms with Gasteiger partial charge in [-0.1, -0.05) is 24.2 Å². The van der Waals surface area contributed by atoms with E-state index in [1.54, 1.807) is 31.2 Å². The molecule has 1 aliphatic carbocycles. The molecule has 0 bridgehead atoms. The molecule has 0 N–H and O–H groups in total. The van der Waals surface area contributed by atoms with Gasteiger partial charge in [-0.2, -0.15) is 0 Å². The molecule has 7 heteroatoms. The number of ether oxygens (including phenoxy) is 1. The summed E-state index contributed by atoms with van der Waals surface area (Å²) < 4.78 is 24.9. The van der Waals surface area contributed by atoms with Crippen LogP contribution in [0.3, 0.4) is 0 Å². The summed E-state index contributed by atoms with van der Waals surface area (Å²) in [5.41, 5.74) is -0.0114. The normalized spacial score (nSPS) is 22.6. The Morgan fingerprint density at radius 1 is 1.30 bits per heavy atom. The fourth-order valence-corrected chi connectivity index (χ4v) is 4.32. The van der Waals surface area contributed by atoms with E-state index in [9.17, 15) is 14.0 Å². The highest BCUT2D eigenvalue weighted by Crippen LogP contribution is 2.42. The maximum absolute atomic E-state index is 14.1. The van der Waals surface area contributed by atoms with E-state index in [1.807, 2.05) is 4.90 Å². The molecule has 1 aliphatic heterocycles. The first-order valence-electron chi connectivity index (χ1n) is 10.6. The topological polar surface area (TPSA) is 72.6 Å². The van der Waals surface area contributed by atoms with Crippen LogP contribution < -0.4 is 0 Å². The predicted octanol–water partition coefficient (Wildman–Crippen LogP) is 3.85. The minimum absolute atomic E-state index is 0.137. The summed E-state index contributed by atoms with van der Waals surface area (Å²) >= 11 is 0. The highest BCUT2D eigenvalue weighted by molar-refractivity contribution is 5.82. The first-order valence-corrected chi connectivity index (χ1v) is 10.6. The number of benzene rings is 1. The van der Waals surface area contributed by atoms with Gasteiger partial charge in [-0.3, -0.25) is 9.59 Å². The van der Waals surface area contributed by atoms with E-state index >= 15 is 0 Å². The first kappa shape index (κ1) is 20.6. The van der Waals surface area contributed by atoms with E-state index in [2.05, 4.69) is 12.1 Å². The molecule has 2 aliphatic rings. The number of carbonyl (C=O) groups is 2. The zero-order chi connectivity index (χ0) is 21.3. The van der Waals surface area contributed by atoms with Crippen molar-refractivity contribution in [1.82, 2.24) is 10.1 Å². The van der Waals surface area contributed by atoms with E-state index in [1.165, 1.54) is 6.07 Å². The Hall–Kier alpha value is -2.70.